The lowest BCUT2D eigenvalue weighted by atomic mass is 10.1. The lowest BCUT2D eigenvalue weighted by molar-refractivity contribution is 0.284. The number of imidazole rings is 1. The number of nitriles is 1. The number of aryl methyl sites for hydroxylation is 2. The van der Waals surface area contributed by atoms with Crippen LogP contribution in [0.2, 0.25) is 0 Å². The molecule has 0 spiro atoms. The molecule has 1 aromatic heterocycles. The van der Waals surface area contributed by atoms with Gasteiger partial charge in [-0.3, -0.25) is 0 Å². The number of ether oxygens (including phenoxy) is 2. The largest absolute Gasteiger partial charge is 0.493 e. The number of aromatic amines is 1. The molecule has 6 heteroatoms. The average molecular weight is 488 g/mol. The summed E-state index contributed by atoms with van der Waals surface area (Å²) < 4.78 is 12.3. The van der Waals surface area contributed by atoms with Gasteiger partial charge < -0.3 is 14.5 Å². The number of methoxy groups -OCH3 is 1. The summed E-state index contributed by atoms with van der Waals surface area (Å²) in [7, 11) is 1.60. The number of H-pyrrole nitrogens is 1. The first-order valence-electron chi connectivity index (χ1n) is 10.1. The van der Waals surface area contributed by atoms with Crippen molar-refractivity contribution >= 4 is 38.6 Å². The highest BCUT2D eigenvalue weighted by Gasteiger charge is 2.13. The summed E-state index contributed by atoms with van der Waals surface area (Å²) in [4.78, 5) is 7.80. The standard InChI is InChI=1S/C26H22BrN3O2/c1-16-4-7-18(8-5-16)15-32-25-13-21(27)19(12-24(25)31-3)11-20(14-28)26-29-22-9-6-17(2)10-23(22)30-26/h4-13H,15H2,1-3H3,(H,29,30)/b20-11-. The summed E-state index contributed by atoms with van der Waals surface area (Å²) in [5, 5.41) is 9.77. The van der Waals surface area contributed by atoms with Gasteiger partial charge in [-0.15, -0.1) is 0 Å². The van der Waals surface area contributed by atoms with E-state index in [1.165, 1.54) is 5.56 Å². The zero-order valence-corrected chi connectivity index (χ0v) is 19.7. The number of benzene rings is 3. The maximum Gasteiger partial charge on any atom is 0.162 e. The van der Waals surface area contributed by atoms with Crippen LogP contribution in [0.4, 0.5) is 0 Å². The number of hydrogen-bond acceptors (Lipinski definition) is 4. The molecule has 5 nitrogen and oxygen atoms in total. The van der Waals surface area contributed by atoms with Gasteiger partial charge in [0.15, 0.2) is 11.5 Å². The molecule has 0 radical (unpaired) electrons. The van der Waals surface area contributed by atoms with E-state index in [-0.39, 0.29) is 0 Å². The molecule has 0 amide bonds. The summed E-state index contributed by atoms with van der Waals surface area (Å²) >= 11 is 3.60. The van der Waals surface area contributed by atoms with Gasteiger partial charge in [-0.1, -0.05) is 51.8 Å². The maximum atomic E-state index is 9.77. The quantitative estimate of drug-likeness (QED) is 0.311. The Morgan fingerprint density at radius 1 is 1.06 bits per heavy atom. The Bertz CT molecular complexity index is 1350. The zero-order chi connectivity index (χ0) is 22.7. The normalized spacial score (nSPS) is 11.4. The fourth-order valence-corrected chi connectivity index (χ4v) is 3.78. The van der Waals surface area contributed by atoms with Crippen molar-refractivity contribution in [2.75, 3.05) is 7.11 Å². The summed E-state index contributed by atoms with van der Waals surface area (Å²) in [6.07, 6.45) is 1.78. The zero-order valence-electron chi connectivity index (χ0n) is 18.1. The Balaban J connectivity index is 1.64. The molecule has 0 atom stereocenters. The molecule has 160 valence electrons. The summed E-state index contributed by atoms with van der Waals surface area (Å²) in [6, 6.07) is 20.1. The van der Waals surface area contributed by atoms with Crippen molar-refractivity contribution in [3.8, 4) is 17.6 Å². The minimum Gasteiger partial charge on any atom is -0.493 e. The maximum absolute atomic E-state index is 9.77. The highest BCUT2D eigenvalue weighted by atomic mass is 79.9. The Morgan fingerprint density at radius 3 is 2.53 bits per heavy atom. The van der Waals surface area contributed by atoms with Crippen LogP contribution in [-0.2, 0) is 6.61 Å². The number of aromatic nitrogens is 2. The number of nitrogens with one attached hydrogen (secondary N) is 1. The Hall–Kier alpha value is -3.56. The molecule has 0 saturated heterocycles. The molecule has 1 N–H and O–H groups in total. The third-order valence-corrected chi connectivity index (χ3v) is 5.80. The summed E-state index contributed by atoms with van der Waals surface area (Å²) in [6.45, 7) is 4.51. The molecule has 4 aromatic rings. The van der Waals surface area contributed by atoms with Crippen LogP contribution in [-0.4, -0.2) is 17.1 Å². The molecule has 1 heterocycles. The second-order valence-corrected chi connectivity index (χ2v) is 8.43. The predicted molar refractivity (Wildman–Crippen MR) is 131 cm³/mol. The number of fused-ring (bicyclic) bond motifs is 1. The number of rotatable bonds is 6. The molecule has 0 saturated carbocycles. The van der Waals surface area contributed by atoms with Gasteiger partial charge in [-0.2, -0.15) is 5.26 Å². The van der Waals surface area contributed by atoms with E-state index in [9.17, 15) is 5.26 Å². The van der Waals surface area contributed by atoms with Crippen molar-refractivity contribution in [2.24, 2.45) is 0 Å². The average Bonchev–Trinajstić information content (AvgIpc) is 3.21. The van der Waals surface area contributed by atoms with E-state index in [1.807, 2.05) is 49.4 Å². The van der Waals surface area contributed by atoms with Crippen LogP contribution in [0, 0.1) is 25.2 Å². The SMILES string of the molecule is COc1cc(/C=C(/C#N)c2nc3ccc(C)cc3[nH]2)c(Br)cc1OCc1ccc(C)cc1. The van der Waals surface area contributed by atoms with Crippen molar-refractivity contribution < 1.29 is 9.47 Å². The van der Waals surface area contributed by atoms with Crippen LogP contribution >= 0.6 is 15.9 Å². The van der Waals surface area contributed by atoms with E-state index in [0.29, 0.717) is 29.5 Å². The lowest BCUT2D eigenvalue weighted by Gasteiger charge is -2.13. The topological polar surface area (TPSA) is 70.9 Å². The molecule has 0 fully saturated rings. The van der Waals surface area contributed by atoms with Crippen LogP contribution in [0.1, 0.15) is 28.1 Å². The molecule has 0 aliphatic carbocycles. The van der Waals surface area contributed by atoms with Crippen LogP contribution < -0.4 is 9.47 Å². The highest BCUT2D eigenvalue weighted by molar-refractivity contribution is 9.10. The van der Waals surface area contributed by atoms with Gasteiger partial charge in [0, 0.05) is 4.47 Å². The first-order chi connectivity index (χ1) is 15.5. The fraction of sp³-hybridized carbons (Fsp3) is 0.154. The van der Waals surface area contributed by atoms with Crippen molar-refractivity contribution in [1.29, 1.82) is 5.26 Å². The van der Waals surface area contributed by atoms with E-state index in [2.05, 4.69) is 51.0 Å². The van der Waals surface area contributed by atoms with Crippen LogP contribution in [0.15, 0.2) is 59.1 Å². The lowest BCUT2D eigenvalue weighted by Crippen LogP contribution is -1.98. The third-order valence-electron chi connectivity index (χ3n) is 5.11. The van der Waals surface area contributed by atoms with Gasteiger partial charge >= 0.3 is 0 Å². The second-order valence-electron chi connectivity index (χ2n) is 7.57. The highest BCUT2D eigenvalue weighted by Crippen LogP contribution is 2.36. The molecule has 0 aliphatic heterocycles. The van der Waals surface area contributed by atoms with E-state index in [1.54, 1.807) is 13.2 Å². The van der Waals surface area contributed by atoms with E-state index < -0.39 is 0 Å². The van der Waals surface area contributed by atoms with E-state index >= 15 is 0 Å². The van der Waals surface area contributed by atoms with Gasteiger partial charge in [-0.05, 0) is 60.9 Å². The van der Waals surface area contributed by atoms with Gasteiger partial charge in [0.2, 0.25) is 0 Å². The first kappa shape index (κ1) is 21.7. The minimum absolute atomic E-state index is 0.426. The monoisotopic (exact) mass is 487 g/mol. The van der Waals surface area contributed by atoms with Crippen molar-refractivity contribution in [3.05, 3.63) is 87.1 Å². The van der Waals surface area contributed by atoms with Gasteiger partial charge in [0.1, 0.15) is 18.5 Å². The summed E-state index contributed by atoms with van der Waals surface area (Å²) in [5.74, 6) is 1.73. The van der Waals surface area contributed by atoms with Crippen LogP contribution in [0.5, 0.6) is 11.5 Å². The molecule has 0 unspecified atom stereocenters. The van der Waals surface area contributed by atoms with Gasteiger partial charge in [0.05, 0.1) is 23.7 Å². The predicted octanol–water partition coefficient (Wildman–Crippen LogP) is 6.59. The Kier molecular flexibility index (Phi) is 6.29. The number of allylic oxidation sites excluding steroid dienone is 1. The van der Waals surface area contributed by atoms with E-state index in [4.69, 9.17) is 9.47 Å². The first-order valence-corrected chi connectivity index (χ1v) is 10.9. The molecule has 4 rings (SSSR count). The second kappa shape index (κ2) is 9.29. The molecule has 3 aromatic carbocycles. The molecule has 32 heavy (non-hydrogen) atoms. The smallest absolute Gasteiger partial charge is 0.162 e. The third kappa shape index (κ3) is 4.68. The van der Waals surface area contributed by atoms with Crippen molar-refractivity contribution in [3.63, 3.8) is 0 Å². The summed E-state index contributed by atoms with van der Waals surface area (Å²) in [5.41, 5.74) is 6.35. The van der Waals surface area contributed by atoms with E-state index in [0.717, 1.165) is 32.2 Å². The fourth-order valence-electron chi connectivity index (χ4n) is 3.34. The van der Waals surface area contributed by atoms with Crippen LogP contribution in [0.3, 0.4) is 0 Å². The molecule has 0 bridgehead atoms. The molecule has 0 aliphatic rings. The minimum atomic E-state index is 0.426. The molecular formula is C26H22BrN3O2. The van der Waals surface area contributed by atoms with Crippen LogP contribution in [0.25, 0.3) is 22.7 Å². The number of halogens is 1. The van der Waals surface area contributed by atoms with Gasteiger partial charge in [-0.25, -0.2) is 4.98 Å². The number of hydrogen-bond donors (Lipinski definition) is 1. The Labute approximate surface area is 195 Å². The molecular weight excluding hydrogens is 466 g/mol. The van der Waals surface area contributed by atoms with Crippen molar-refractivity contribution in [1.82, 2.24) is 9.97 Å². The van der Waals surface area contributed by atoms with Crippen molar-refractivity contribution in [2.45, 2.75) is 20.5 Å². The Morgan fingerprint density at radius 2 is 1.81 bits per heavy atom. The van der Waals surface area contributed by atoms with Gasteiger partial charge in [0.25, 0.3) is 0 Å². The number of nitrogens with zero attached hydrogens (tertiary/aromatic N) is 2.